The zero-order chi connectivity index (χ0) is 17.5. The fourth-order valence-electron chi connectivity index (χ4n) is 2.21. The Hall–Kier alpha value is -2.84. The number of halogens is 3. The molecule has 1 saturated carbocycles. The van der Waals surface area contributed by atoms with Gasteiger partial charge >= 0.3 is 0 Å². The molecule has 0 radical (unpaired) electrons. The van der Waals surface area contributed by atoms with Crippen LogP contribution in [0.3, 0.4) is 0 Å². The van der Waals surface area contributed by atoms with Crippen LogP contribution in [0.25, 0.3) is 0 Å². The molecular formula is C15H12F3N3O3. The van der Waals surface area contributed by atoms with E-state index >= 15 is 0 Å². The third-order valence-corrected chi connectivity index (χ3v) is 3.77. The molecule has 126 valence electrons. The number of nitrogens with one attached hydrogen (secondary N) is 2. The van der Waals surface area contributed by atoms with Gasteiger partial charge in [0.25, 0.3) is 0 Å². The van der Waals surface area contributed by atoms with Crippen LogP contribution in [0, 0.1) is 29.8 Å². The number of carbonyl (C=O) groups is 2. The molecule has 1 aromatic heterocycles. The van der Waals surface area contributed by atoms with Crippen LogP contribution in [-0.2, 0) is 9.59 Å². The summed E-state index contributed by atoms with van der Waals surface area (Å²) in [5, 5.41) is 8.15. The van der Waals surface area contributed by atoms with Crippen LogP contribution in [0.2, 0.25) is 0 Å². The lowest BCUT2D eigenvalue weighted by atomic mass is 10.0. The van der Waals surface area contributed by atoms with Gasteiger partial charge < -0.3 is 15.2 Å². The highest BCUT2D eigenvalue weighted by Crippen LogP contribution is 2.47. The van der Waals surface area contributed by atoms with Crippen LogP contribution in [-0.4, -0.2) is 17.0 Å². The van der Waals surface area contributed by atoms with Crippen molar-refractivity contribution in [2.45, 2.75) is 19.8 Å². The lowest BCUT2D eigenvalue weighted by Gasteiger charge is -2.15. The Morgan fingerprint density at radius 1 is 1.12 bits per heavy atom. The second kappa shape index (κ2) is 5.66. The minimum atomic E-state index is -1.69. The second-order valence-corrected chi connectivity index (χ2v) is 5.54. The number of hydrogen-bond donors (Lipinski definition) is 2. The van der Waals surface area contributed by atoms with E-state index in [2.05, 4.69) is 15.8 Å². The minimum Gasteiger partial charge on any atom is -0.360 e. The van der Waals surface area contributed by atoms with Gasteiger partial charge in [0.05, 0.1) is 5.69 Å². The first-order valence-electron chi connectivity index (χ1n) is 7.03. The first-order chi connectivity index (χ1) is 11.3. The summed E-state index contributed by atoms with van der Waals surface area (Å²) in [5.41, 5.74) is -1.93. The molecule has 1 aromatic carbocycles. The van der Waals surface area contributed by atoms with Crippen molar-refractivity contribution in [1.29, 1.82) is 0 Å². The number of rotatable bonds is 4. The van der Waals surface area contributed by atoms with Gasteiger partial charge in [-0.3, -0.25) is 9.59 Å². The molecule has 2 aromatic rings. The molecule has 0 atom stereocenters. The molecule has 0 aliphatic heterocycles. The Labute approximate surface area is 134 Å². The van der Waals surface area contributed by atoms with Crippen LogP contribution >= 0.6 is 0 Å². The van der Waals surface area contributed by atoms with E-state index in [4.69, 9.17) is 4.52 Å². The van der Waals surface area contributed by atoms with Crippen LogP contribution in [0.1, 0.15) is 18.6 Å². The molecule has 6 nitrogen and oxygen atoms in total. The molecule has 24 heavy (non-hydrogen) atoms. The Kier molecular flexibility index (Phi) is 3.78. The third-order valence-electron chi connectivity index (χ3n) is 3.77. The van der Waals surface area contributed by atoms with Crippen LogP contribution < -0.4 is 10.6 Å². The first-order valence-corrected chi connectivity index (χ1v) is 7.03. The molecule has 3 rings (SSSR count). The van der Waals surface area contributed by atoms with E-state index in [0.29, 0.717) is 11.8 Å². The Morgan fingerprint density at radius 2 is 1.79 bits per heavy atom. The fraction of sp³-hybridized carbons (Fsp3) is 0.267. The molecule has 2 N–H and O–H groups in total. The van der Waals surface area contributed by atoms with Crippen molar-refractivity contribution >= 4 is 23.3 Å². The van der Waals surface area contributed by atoms with Gasteiger partial charge in [-0.1, -0.05) is 5.16 Å². The maximum absolute atomic E-state index is 13.6. The summed E-state index contributed by atoms with van der Waals surface area (Å²) < 4.78 is 44.5. The summed E-state index contributed by atoms with van der Waals surface area (Å²) in [5.74, 6) is -5.39. The summed E-state index contributed by atoms with van der Waals surface area (Å²) in [4.78, 5) is 24.5. The summed E-state index contributed by atoms with van der Waals surface area (Å²) in [6.45, 7) is 1.63. The molecule has 1 aliphatic rings. The topological polar surface area (TPSA) is 84.2 Å². The molecule has 2 amide bonds. The maximum Gasteiger partial charge on any atom is 0.241 e. The van der Waals surface area contributed by atoms with Gasteiger partial charge in [0.15, 0.2) is 23.3 Å². The standard InChI is InChI=1S/C15H12F3N3O3/c1-7-6-10(21-24-7)20-14(23)15(4-5-15)13(22)19-9-3-2-8(16)11(17)12(9)18/h2-3,6H,4-5H2,1H3,(H,19,22)(H,20,21,23). The molecule has 0 bridgehead atoms. The van der Waals surface area contributed by atoms with E-state index < -0.39 is 40.4 Å². The second-order valence-electron chi connectivity index (χ2n) is 5.54. The highest BCUT2D eigenvalue weighted by atomic mass is 19.2. The van der Waals surface area contributed by atoms with Gasteiger partial charge in [-0.15, -0.1) is 0 Å². The number of aryl methyl sites for hydroxylation is 1. The van der Waals surface area contributed by atoms with Crippen LogP contribution in [0.5, 0.6) is 0 Å². The highest BCUT2D eigenvalue weighted by molar-refractivity contribution is 6.16. The van der Waals surface area contributed by atoms with E-state index in [1.165, 1.54) is 6.07 Å². The van der Waals surface area contributed by atoms with Crippen molar-refractivity contribution in [3.63, 3.8) is 0 Å². The zero-order valence-corrected chi connectivity index (χ0v) is 12.5. The number of anilines is 2. The molecule has 0 spiro atoms. The SMILES string of the molecule is Cc1cc(NC(=O)C2(C(=O)Nc3ccc(F)c(F)c3F)CC2)no1. The largest absolute Gasteiger partial charge is 0.360 e. The van der Waals surface area contributed by atoms with Gasteiger partial charge in [-0.2, -0.15) is 0 Å². The summed E-state index contributed by atoms with van der Waals surface area (Å²) in [6.07, 6.45) is 0.486. The first kappa shape index (κ1) is 16.0. The van der Waals surface area contributed by atoms with E-state index in [-0.39, 0.29) is 18.7 Å². The minimum absolute atomic E-state index is 0.149. The summed E-state index contributed by atoms with van der Waals surface area (Å²) >= 11 is 0. The maximum atomic E-state index is 13.6. The predicted octanol–water partition coefficient (Wildman–Crippen LogP) is 2.76. The lowest BCUT2D eigenvalue weighted by Crippen LogP contribution is -2.36. The van der Waals surface area contributed by atoms with Crippen molar-refractivity contribution in [3.05, 3.63) is 41.4 Å². The Morgan fingerprint density at radius 3 is 2.38 bits per heavy atom. The molecular weight excluding hydrogens is 327 g/mol. The summed E-state index contributed by atoms with van der Waals surface area (Å²) in [7, 11) is 0. The van der Waals surface area contributed by atoms with Crippen molar-refractivity contribution < 1.29 is 27.3 Å². The zero-order valence-electron chi connectivity index (χ0n) is 12.5. The van der Waals surface area contributed by atoms with Crippen LogP contribution in [0.4, 0.5) is 24.7 Å². The molecule has 1 heterocycles. The van der Waals surface area contributed by atoms with Crippen molar-refractivity contribution in [2.75, 3.05) is 10.6 Å². The van der Waals surface area contributed by atoms with E-state index in [1.807, 2.05) is 0 Å². The number of carbonyl (C=O) groups excluding carboxylic acids is 2. The van der Waals surface area contributed by atoms with Gasteiger partial charge in [-0.25, -0.2) is 13.2 Å². The number of hydrogen-bond acceptors (Lipinski definition) is 4. The van der Waals surface area contributed by atoms with E-state index in [0.717, 1.165) is 6.07 Å². The van der Waals surface area contributed by atoms with Crippen molar-refractivity contribution in [2.24, 2.45) is 5.41 Å². The average Bonchev–Trinajstić information content (AvgIpc) is 3.26. The molecule has 0 unspecified atom stereocenters. The normalized spacial score (nSPS) is 15.0. The fourth-order valence-corrected chi connectivity index (χ4v) is 2.21. The third kappa shape index (κ3) is 2.72. The number of amides is 2. The number of nitrogens with zero attached hydrogens (tertiary/aromatic N) is 1. The quantitative estimate of drug-likeness (QED) is 0.663. The van der Waals surface area contributed by atoms with E-state index in [9.17, 15) is 22.8 Å². The Balaban J connectivity index is 1.74. The molecule has 1 aliphatic carbocycles. The van der Waals surface area contributed by atoms with E-state index in [1.54, 1.807) is 6.92 Å². The summed E-state index contributed by atoms with van der Waals surface area (Å²) in [6, 6.07) is 3.05. The lowest BCUT2D eigenvalue weighted by molar-refractivity contribution is -0.131. The van der Waals surface area contributed by atoms with Gasteiger partial charge in [0.1, 0.15) is 11.2 Å². The van der Waals surface area contributed by atoms with Crippen LogP contribution in [0.15, 0.2) is 22.7 Å². The smallest absolute Gasteiger partial charge is 0.241 e. The molecule has 0 saturated heterocycles. The van der Waals surface area contributed by atoms with Gasteiger partial charge in [0.2, 0.25) is 11.8 Å². The number of benzene rings is 1. The van der Waals surface area contributed by atoms with Gasteiger partial charge in [-0.05, 0) is 31.9 Å². The predicted molar refractivity (Wildman–Crippen MR) is 76.5 cm³/mol. The van der Waals surface area contributed by atoms with Crippen molar-refractivity contribution in [1.82, 2.24) is 5.16 Å². The highest BCUT2D eigenvalue weighted by Gasteiger charge is 2.56. The van der Waals surface area contributed by atoms with Crippen molar-refractivity contribution in [3.8, 4) is 0 Å². The monoisotopic (exact) mass is 339 g/mol. The van der Waals surface area contributed by atoms with Gasteiger partial charge in [0, 0.05) is 6.07 Å². The molecule has 1 fully saturated rings. The molecule has 9 heteroatoms. The number of aromatic nitrogens is 1. The average molecular weight is 339 g/mol. The Bertz CT molecular complexity index is 831.